The Morgan fingerprint density at radius 2 is 1.94 bits per heavy atom. The number of sulfonamides is 1. The van der Waals surface area contributed by atoms with E-state index in [1.54, 1.807) is 11.4 Å². The Kier molecular flexibility index (Phi) is 5.85. The summed E-state index contributed by atoms with van der Waals surface area (Å²) in [5.41, 5.74) is 0. The summed E-state index contributed by atoms with van der Waals surface area (Å²) < 4.78 is 25.7. The summed E-state index contributed by atoms with van der Waals surface area (Å²) in [6.07, 6.45) is 2.56. The van der Waals surface area contributed by atoms with Crippen LogP contribution < -0.4 is 5.32 Å². The molecule has 0 aromatic carbocycles. The summed E-state index contributed by atoms with van der Waals surface area (Å²) in [5.74, 6) is 0.247. The third kappa shape index (κ3) is 4.54. The van der Waals surface area contributed by atoms with Gasteiger partial charge < -0.3 is 10.2 Å². The van der Waals surface area contributed by atoms with E-state index in [4.69, 9.17) is 0 Å². The predicted molar refractivity (Wildman–Crippen MR) is 70.6 cm³/mol. The summed E-state index contributed by atoms with van der Waals surface area (Å²) in [4.78, 5) is 2.25. The van der Waals surface area contributed by atoms with E-state index in [0.29, 0.717) is 6.42 Å². The molecule has 6 heteroatoms. The lowest BCUT2D eigenvalue weighted by Gasteiger charge is -2.34. The van der Waals surface area contributed by atoms with Gasteiger partial charge in [-0.15, -0.1) is 0 Å². The normalized spacial score (nSPS) is 20.0. The van der Waals surface area contributed by atoms with Gasteiger partial charge >= 0.3 is 0 Å². The molecule has 0 aromatic heterocycles. The fourth-order valence-electron chi connectivity index (χ4n) is 2.16. The van der Waals surface area contributed by atoms with Crippen LogP contribution in [0.25, 0.3) is 0 Å². The van der Waals surface area contributed by atoms with Crippen molar-refractivity contribution in [3.63, 3.8) is 0 Å². The fourth-order valence-corrected chi connectivity index (χ4v) is 3.62. The van der Waals surface area contributed by atoms with Crippen LogP contribution in [-0.4, -0.2) is 70.2 Å². The zero-order valence-corrected chi connectivity index (χ0v) is 12.0. The van der Waals surface area contributed by atoms with Crippen LogP contribution in [-0.2, 0) is 10.0 Å². The van der Waals surface area contributed by atoms with E-state index >= 15 is 0 Å². The molecule has 0 unspecified atom stereocenters. The second-order valence-electron chi connectivity index (χ2n) is 4.82. The predicted octanol–water partition coefficient (Wildman–Crippen LogP) is -0.0483. The van der Waals surface area contributed by atoms with Crippen molar-refractivity contribution in [2.45, 2.75) is 25.3 Å². The largest absolute Gasteiger partial charge is 0.320 e. The van der Waals surface area contributed by atoms with E-state index in [1.165, 1.54) is 0 Å². The molecule has 1 aliphatic rings. The molecule has 1 rings (SSSR count). The minimum Gasteiger partial charge on any atom is -0.320 e. The van der Waals surface area contributed by atoms with Crippen molar-refractivity contribution in [1.82, 2.24) is 14.5 Å². The molecule has 1 aliphatic heterocycles. The lowest BCUT2D eigenvalue weighted by molar-refractivity contribution is 0.197. The van der Waals surface area contributed by atoms with Gasteiger partial charge in [0.25, 0.3) is 0 Å². The number of hydrogen-bond acceptors (Lipinski definition) is 4. The van der Waals surface area contributed by atoms with Crippen LogP contribution >= 0.6 is 0 Å². The molecule has 102 valence electrons. The number of hydrogen-bond donors (Lipinski definition) is 1. The van der Waals surface area contributed by atoms with Crippen LogP contribution in [0.4, 0.5) is 0 Å². The maximum absolute atomic E-state index is 12.1. The second kappa shape index (κ2) is 6.68. The monoisotopic (exact) mass is 263 g/mol. The topological polar surface area (TPSA) is 52.7 Å². The van der Waals surface area contributed by atoms with Crippen LogP contribution in [0.2, 0.25) is 0 Å². The van der Waals surface area contributed by atoms with Crippen molar-refractivity contribution >= 4 is 10.0 Å². The van der Waals surface area contributed by atoms with Gasteiger partial charge in [-0.05, 0) is 53.0 Å². The Bertz CT molecular complexity index is 311. The van der Waals surface area contributed by atoms with E-state index in [-0.39, 0.29) is 11.8 Å². The first-order valence-electron chi connectivity index (χ1n) is 6.26. The highest BCUT2D eigenvalue weighted by Crippen LogP contribution is 2.17. The molecule has 0 aliphatic carbocycles. The van der Waals surface area contributed by atoms with Crippen molar-refractivity contribution in [1.29, 1.82) is 0 Å². The molecule has 1 fully saturated rings. The van der Waals surface area contributed by atoms with Gasteiger partial charge in [0.2, 0.25) is 10.0 Å². The van der Waals surface area contributed by atoms with Gasteiger partial charge in [0, 0.05) is 13.1 Å². The Morgan fingerprint density at radius 3 is 2.47 bits per heavy atom. The van der Waals surface area contributed by atoms with Gasteiger partial charge in [-0.2, -0.15) is 0 Å². The maximum Gasteiger partial charge on any atom is 0.214 e. The molecule has 0 aromatic rings. The number of nitrogens with one attached hydrogen (secondary N) is 1. The quantitative estimate of drug-likeness (QED) is 0.683. The maximum atomic E-state index is 12.1. The van der Waals surface area contributed by atoms with Gasteiger partial charge in [-0.25, -0.2) is 12.7 Å². The molecule has 0 saturated carbocycles. The molecule has 1 heterocycles. The van der Waals surface area contributed by atoms with Gasteiger partial charge in [0.1, 0.15) is 0 Å². The second-order valence-corrected chi connectivity index (χ2v) is 6.97. The van der Waals surface area contributed by atoms with E-state index in [1.807, 2.05) is 7.05 Å². The molecule has 0 radical (unpaired) electrons. The fraction of sp³-hybridized carbons (Fsp3) is 1.00. The molecule has 0 bridgehead atoms. The third-order valence-electron chi connectivity index (χ3n) is 3.47. The summed E-state index contributed by atoms with van der Waals surface area (Å²) in [6.45, 7) is 2.72. The molecular formula is C11H25N3O2S. The van der Waals surface area contributed by atoms with E-state index < -0.39 is 10.0 Å². The summed E-state index contributed by atoms with van der Waals surface area (Å²) in [5, 5.41) is 2.97. The Morgan fingerprint density at radius 1 is 1.35 bits per heavy atom. The molecule has 5 nitrogen and oxygen atoms in total. The zero-order valence-electron chi connectivity index (χ0n) is 11.1. The SMILES string of the molecule is CNCCCS(=O)(=O)N(C)C1CCN(C)CC1. The number of piperidine rings is 1. The first-order chi connectivity index (χ1) is 7.97. The Hall–Kier alpha value is -0.170. The average molecular weight is 263 g/mol. The number of nitrogens with zero attached hydrogens (tertiary/aromatic N) is 2. The minimum atomic E-state index is -3.07. The van der Waals surface area contributed by atoms with Crippen LogP contribution in [0.5, 0.6) is 0 Å². The highest BCUT2D eigenvalue weighted by molar-refractivity contribution is 7.89. The molecule has 1 N–H and O–H groups in total. The highest BCUT2D eigenvalue weighted by Gasteiger charge is 2.28. The lowest BCUT2D eigenvalue weighted by Crippen LogP contribution is -2.45. The molecule has 0 spiro atoms. The van der Waals surface area contributed by atoms with Crippen molar-refractivity contribution in [3.05, 3.63) is 0 Å². The molecule has 0 atom stereocenters. The first-order valence-corrected chi connectivity index (χ1v) is 7.87. The van der Waals surface area contributed by atoms with E-state index in [0.717, 1.165) is 32.5 Å². The van der Waals surface area contributed by atoms with Crippen molar-refractivity contribution < 1.29 is 8.42 Å². The van der Waals surface area contributed by atoms with Crippen molar-refractivity contribution in [2.24, 2.45) is 0 Å². The lowest BCUT2D eigenvalue weighted by atomic mass is 10.1. The van der Waals surface area contributed by atoms with Gasteiger partial charge in [0.05, 0.1) is 5.75 Å². The number of rotatable bonds is 6. The third-order valence-corrected chi connectivity index (χ3v) is 5.45. The van der Waals surface area contributed by atoms with Gasteiger partial charge in [0.15, 0.2) is 0 Å². The van der Waals surface area contributed by atoms with Crippen LogP contribution in [0.3, 0.4) is 0 Å². The van der Waals surface area contributed by atoms with Crippen LogP contribution in [0.1, 0.15) is 19.3 Å². The minimum absolute atomic E-state index is 0.186. The molecule has 17 heavy (non-hydrogen) atoms. The smallest absolute Gasteiger partial charge is 0.214 e. The molecule has 1 saturated heterocycles. The van der Waals surface area contributed by atoms with Gasteiger partial charge in [-0.3, -0.25) is 0 Å². The Balaban J connectivity index is 2.47. The van der Waals surface area contributed by atoms with Crippen molar-refractivity contribution in [3.8, 4) is 0 Å². The van der Waals surface area contributed by atoms with E-state index in [9.17, 15) is 8.42 Å². The average Bonchev–Trinajstić information content (AvgIpc) is 2.29. The van der Waals surface area contributed by atoms with Crippen LogP contribution in [0.15, 0.2) is 0 Å². The first kappa shape index (κ1) is 14.9. The van der Waals surface area contributed by atoms with Gasteiger partial charge in [-0.1, -0.05) is 0 Å². The summed E-state index contributed by atoms with van der Waals surface area (Å²) in [7, 11) is 2.57. The number of likely N-dealkylation sites (tertiary alicyclic amines) is 1. The molecule has 0 amide bonds. The standard InChI is InChI=1S/C11H25N3O2S/c1-12-7-4-10-17(15,16)14(3)11-5-8-13(2)9-6-11/h11-12H,4-10H2,1-3H3. The summed E-state index contributed by atoms with van der Waals surface area (Å²) in [6, 6.07) is 0.186. The summed E-state index contributed by atoms with van der Waals surface area (Å²) >= 11 is 0. The Labute approximate surface area is 105 Å². The molecular weight excluding hydrogens is 238 g/mol. The zero-order chi connectivity index (χ0) is 12.9. The highest BCUT2D eigenvalue weighted by atomic mass is 32.2. The van der Waals surface area contributed by atoms with Crippen LogP contribution in [0, 0.1) is 0 Å². The van der Waals surface area contributed by atoms with E-state index in [2.05, 4.69) is 17.3 Å². The van der Waals surface area contributed by atoms with Crippen molar-refractivity contribution in [2.75, 3.05) is 46.5 Å².